The van der Waals surface area contributed by atoms with Crippen LogP contribution in [0.2, 0.25) is 5.02 Å². The van der Waals surface area contributed by atoms with Gasteiger partial charge in [-0.25, -0.2) is 0 Å². The number of aromatic nitrogens is 1. The third kappa shape index (κ3) is 3.96. The quantitative estimate of drug-likeness (QED) is 0.821. The second-order valence-corrected chi connectivity index (χ2v) is 5.84. The minimum atomic E-state index is 0.723. The van der Waals surface area contributed by atoms with Crippen molar-refractivity contribution in [1.82, 2.24) is 10.5 Å². The molecule has 1 aromatic carbocycles. The molecule has 0 saturated heterocycles. The summed E-state index contributed by atoms with van der Waals surface area (Å²) in [6.45, 7) is 1.68. The van der Waals surface area contributed by atoms with Gasteiger partial charge in [-0.1, -0.05) is 28.4 Å². The number of halogens is 1. The molecule has 0 saturated carbocycles. The van der Waals surface area contributed by atoms with E-state index in [-0.39, 0.29) is 0 Å². The molecule has 0 aliphatic heterocycles. The van der Waals surface area contributed by atoms with Crippen LogP contribution in [0.25, 0.3) is 11.3 Å². The van der Waals surface area contributed by atoms with Gasteiger partial charge in [0.1, 0.15) is 0 Å². The van der Waals surface area contributed by atoms with Crippen LogP contribution in [0.3, 0.4) is 0 Å². The molecule has 1 aliphatic rings. The summed E-state index contributed by atoms with van der Waals surface area (Å²) in [6, 6.07) is 9.56. The summed E-state index contributed by atoms with van der Waals surface area (Å²) in [5.41, 5.74) is 3.44. The van der Waals surface area contributed by atoms with Crippen LogP contribution < -0.4 is 5.32 Å². The number of hydrogen-bond acceptors (Lipinski definition) is 3. The summed E-state index contributed by atoms with van der Waals surface area (Å²) < 4.78 is 5.39. The number of allylic oxidation sites excluding steroid dienone is 1. The molecule has 21 heavy (non-hydrogen) atoms. The summed E-state index contributed by atoms with van der Waals surface area (Å²) in [4.78, 5) is 0. The Morgan fingerprint density at radius 3 is 2.76 bits per heavy atom. The van der Waals surface area contributed by atoms with Gasteiger partial charge in [-0.3, -0.25) is 0 Å². The Balaban J connectivity index is 1.55. The van der Waals surface area contributed by atoms with Gasteiger partial charge in [-0.05, 0) is 49.9 Å². The molecule has 3 rings (SSSR count). The zero-order valence-corrected chi connectivity index (χ0v) is 12.7. The van der Waals surface area contributed by atoms with Gasteiger partial charge in [0.05, 0.1) is 5.69 Å². The second kappa shape index (κ2) is 6.92. The van der Waals surface area contributed by atoms with Crippen molar-refractivity contribution in [1.29, 1.82) is 0 Å². The van der Waals surface area contributed by atoms with Crippen LogP contribution in [-0.4, -0.2) is 11.7 Å². The molecule has 3 nitrogen and oxygen atoms in total. The molecule has 0 unspecified atom stereocenters. The van der Waals surface area contributed by atoms with Crippen LogP contribution in [0.1, 0.15) is 31.4 Å². The SMILES string of the molecule is Clc1ccc(-c2cc(CNCC3=CCCCC3)no2)cc1. The van der Waals surface area contributed by atoms with Crippen molar-refractivity contribution < 1.29 is 4.52 Å². The van der Waals surface area contributed by atoms with Crippen LogP contribution in [0.4, 0.5) is 0 Å². The summed E-state index contributed by atoms with van der Waals surface area (Å²) in [5.74, 6) is 0.778. The molecule has 1 N–H and O–H groups in total. The zero-order valence-electron chi connectivity index (χ0n) is 11.9. The summed E-state index contributed by atoms with van der Waals surface area (Å²) in [5, 5.41) is 8.26. The Morgan fingerprint density at radius 2 is 2.00 bits per heavy atom. The third-order valence-corrected chi connectivity index (χ3v) is 3.98. The lowest BCUT2D eigenvalue weighted by molar-refractivity contribution is 0.420. The monoisotopic (exact) mass is 302 g/mol. The number of hydrogen-bond donors (Lipinski definition) is 1. The maximum atomic E-state index is 5.89. The van der Waals surface area contributed by atoms with Crippen LogP contribution in [0, 0.1) is 0 Å². The minimum Gasteiger partial charge on any atom is -0.356 e. The lowest BCUT2D eigenvalue weighted by Crippen LogP contribution is -2.17. The van der Waals surface area contributed by atoms with Crippen LogP contribution in [0.15, 0.2) is 46.5 Å². The molecule has 4 heteroatoms. The standard InChI is InChI=1S/C17H19ClN2O/c18-15-8-6-14(7-9-15)17-10-16(20-21-17)12-19-11-13-4-2-1-3-5-13/h4,6-10,19H,1-3,5,11-12H2. The third-order valence-electron chi connectivity index (χ3n) is 3.73. The first-order valence-corrected chi connectivity index (χ1v) is 7.79. The number of rotatable bonds is 5. The van der Waals surface area contributed by atoms with E-state index >= 15 is 0 Å². The van der Waals surface area contributed by atoms with E-state index in [1.807, 2.05) is 30.3 Å². The molecule has 0 atom stereocenters. The molecule has 0 spiro atoms. The Hall–Kier alpha value is -1.58. The number of nitrogens with zero attached hydrogens (tertiary/aromatic N) is 1. The summed E-state index contributed by atoms with van der Waals surface area (Å²) >= 11 is 5.89. The zero-order chi connectivity index (χ0) is 14.5. The largest absolute Gasteiger partial charge is 0.356 e. The van der Waals surface area contributed by atoms with Crippen molar-refractivity contribution in [2.75, 3.05) is 6.54 Å². The Kier molecular flexibility index (Phi) is 4.73. The first kappa shape index (κ1) is 14.4. The Morgan fingerprint density at radius 1 is 1.14 bits per heavy atom. The van der Waals surface area contributed by atoms with Gasteiger partial charge >= 0.3 is 0 Å². The smallest absolute Gasteiger partial charge is 0.167 e. The van der Waals surface area contributed by atoms with Crippen molar-refractivity contribution in [3.63, 3.8) is 0 Å². The maximum absolute atomic E-state index is 5.89. The Bertz CT molecular complexity index is 616. The highest BCUT2D eigenvalue weighted by Gasteiger charge is 2.07. The average Bonchev–Trinajstić information content (AvgIpc) is 2.98. The molecule has 1 heterocycles. The maximum Gasteiger partial charge on any atom is 0.167 e. The fourth-order valence-corrected chi connectivity index (χ4v) is 2.69. The van der Waals surface area contributed by atoms with E-state index < -0.39 is 0 Å². The average molecular weight is 303 g/mol. The van der Waals surface area contributed by atoms with E-state index in [9.17, 15) is 0 Å². The van der Waals surface area contributed by atoms with E-state index in [1.54, 1.807) is 0 Å². The van der Waals surface area contributed by atoms with Gasteiger partial charge in [-0.15, -0.1) is 0 Å². The topological polar surface area (TPSA) is 38.1 Å². The van der Waals surface area contributed by atoms with Crippen molar-refractivity contribution in [3.8, 4) is 11.3 Å². The molecule has 0 radical (unpaired) electrons. The molecular formula is C17H19ClN2O. The van der Waals surface area contributed by atoms with Crippen molar-refractivity contribution in [2.24, 2.45) is 0 Å². The van der Waals surface area contributed by atoms with Crippen molar-refractivity contribution in [2.45, 2.75) is 32.2 Å². The van der Waals surface area contributed by atoms with E-state index in [2.05, 4.69) is 16.5 Å². The number of nitrogens with one attached hydrogen (secondary N) is 1. The fraction of sp³-hybridized carbons (Fsp3) is 0.353. The first-order chi connectivity index (χ1) is 10.3. The van der Waals surface area contributed by atoms with Gasteiger partial charge in [0, 0.05) is 29.7 Å². The van der Waals surface area contributed by atoms with Crippen LogP contribution >= 0.6 is 11.6 Å². The van der Waals surface area contributed by atoms with Crippen LogP contribution in [-0.2, 0) is 6.54 Å². The molecular weight excluding hydrogens is 284 g/mol. The van der Waals surface area contributed by atoms with Gasteiger partial charge in [0.2, 0.25) is 0 Å². The van der Waals surface area contributed by atoms with Gasteiger partial charge < -0.3 is 9.84 Å². The molecule has 0 bridgehead atoms. The Labute approximate surface area is 130 Å². The highest BCUT2D eigenvalue weighted by Crippen LogP contribution is 2.22. The lowest BCUT2D eigenvalue weighted by atomic mass is 10.00. The van der Waals surface area contributed by atoms with Crippen molar-refractivity contribution in [3.05, 3.63) is 52.7 Å². The minimum absolute atomic E-state index is 0.723. The second-order valence-electron chi connectivity index (χ2n) is 5.40. The van der Waals surface area contributed by atoms with Crippen molar-refractivity contribution >= 4 is 11.6 Å². The molecule has 1 aromatic heterocycles. The normalized spacial score (nSPS) is 15.0. The van der Waals surface area contributed by atoms with Gasteiger partial charge in [0.15, 0.2) is 5.76 Å². The predicted molar refractivity (Wildman–Crippen MR) is 85.2 cm³/mol. The number of benzene rings is 1. The van der Waals surface area contributed by atoms with Gasteiger partial charge in [0.25, 0.3) is 0 Å². The van der Waals surface area contributed by atoms with E-state index in [4.69, 9.17) is 16.1 Å². The summed E-state index contributed by atoms with van der Waals surface area (Å²) in [6.07, 6.45) is 7.46. The molecule has 2 aromatic rings. The molecule has 1 aliphatic carbocycles. The molecule has 0 fully saturated rings. The summed E-state index contributed by atoms with van der Waals surface area (Å²) in [7, 11) is 0. The highest BCUT2D eigenvalue weighted by molar-refractivity contribution is 6.30. The fourth-order valence-electron chi connectivity index (χ4n) is 2.56. The van der Waals surface area contributed by atoms with E-state index in [1.165, 1.54) is 31.3 Å². The predicted octanol–water partition coefficient (Wildman–Crippen LogP) is 4.59. The highest BCUT2D eigenvalue weighted by atomic mass is 35.5. The van der Waals surface area contributed by atoms with Crippen LogP contribution in [0.5, 0.6) is 0 Å². The lowest BCUT2D eigenvalue weighted by Gasteiger charge is -2.12. The first-order valence-electron chi connectivity index (χ1n) is 7.41. The molecule has 0 amide bonds. The molecule has 110 valence electrons. The van der Waals surface area contributed by atoms with E-state index in [0.29, 0.717) is 0 Å². The van der Waals surface area contributed by atoms with Gasteiger partial charge in [-0.2, -0.15) is 0 Å². The van der Waals surface area contributed by atoms with E-state index in [0.717, 1.165) is 35.1 Å².